The first-order valence-corrected chi connectivity index (χ1v) is 8.18. The summed E-state index contributed by atoms with van der Waals surface area (Å²) in [5, 5.41) is 8.93. The molecule has 0 radical (unpaired) electrons. The minimum Gasteiger partial charge on any atom is -0.207 e. The first-order valence-electron chi connectivity index (χ1n) is 6.31. The van der Waals surface area contributed by atoms with E-state index in [1.54, 1.807) is 0 Å². The van der Waals surface area contributed by atoms with E-state index in [2.05, 4.69) is 4.72 Å². The molecule has 0 unspecified atom stereocenters. The lowest BCUT2D eigenvalue weighted by Gasteiger charge is -2.24. The molecule has 1 aliphatic carbocycles. The Morgan fingerprint density at radius 3 is 2.41 bits per heavy atom. The van der Waals surface area contributed by atoms with E-state index in [1.807, 2.05) is 6.07 Å². The summed E-state index contributed by atoms with van der Waals surface area (Å²) in [6, 6.07) is 4.24. The van der Waals surface area contributed by atoms with Crippen LogP contribution in [0.15, 0.2) is 23.1 Å². The van der Waals surface area contributed by atoms with Gasteiger partial charge in [0.05, 0.1) is 16.5 Å². The number of benzene rings is 1. The van der Waals surface area contributed by atoms with Gasteiger partial charge in [-0.25, -0.2) is 8.42 Å². The van der Waals surface area contributed by atoms with Crippen molar-refractivity contribution in [1.82, 2.24) is 4.72 Å². The number of nitrogens with zero attached hydrogens (tertiary/aromatic N) is 1. The molecule has 0 spiro atoms. The Bertz CT molecular complexity index is 739. The molecule has 1 aromatic carbocycles. The van der Waals surface area contributed by atoms with Crippen molar-refractivity contribution in [3.8, 4) is 6.07 Å². The molecular weight excluding hydrogens is 341 g/mol. The Kier molecular flexibility index (Phi) is 4.19. The van der Waals surface area contributed by atoms with Gasteiger partial charge < -0.3 is 0 Å². The van der Waals surface area contributed by atoms with E-state index in [0.717, 1.165) is 12.1 Å². The fraction of sp³-hybridized carbons (Fsp3) is 0.462. The maximum atomic E-state index is 13.0. The van der Waals surface area contributed by atoms with Crippen LogP contribution >= 0.6 is 11.6 Å². The minimum atomic E-state index is -4.88. The molecule has 0 aromatic heterocycles. The van der Waals surface area contributed by atoms with Crippen molar-refractivity contribution in [2.45, 2.75) is 36.4 Å². The van der Waals surface area contributed by atoms with Gasteiger partial charge in [-0.2, -0.15) is 23.2 Å². The lowest BCUT2D eigenvalue weighted by atomic mass is 10.0. The first kappa shape index (κ1) is 17.1. The fourth-order valence-corrected chi connectivity index (χ4v) is 3.91. The molecule has 9 heteroatoms. The van der Waals surface area contributed by atoms with E-state index in [0.29, 0.717) is 18.9 Å². The van der Waals surface area contributed by atoms with Crippen molar-refractivity contribution < 1.29 is 21.6 Å². The molecule has 0 heterocycles. The zero-order valence-corrected chi connectivity index (χ0v) is 13.0. The van der Waals surface area contributed by atoms with E-state index in [4.69, 9.17) is 16.9 Å². The third kappa shape index (κ3) is 3.37. The fourth-order valence-electron chi connectivity index (χ4n) is 2.15. The largest absolute Gasteiger partial charge is 0.417 e. The molecule has 0 amide bonds. The van der Waals surface area contributed by atoms with Gasteiger partial charge in [-0.1, -0.05) is 11.6 Å². The quantitative estimate of drug-likeness (QED) is 0.903. The van der Waals surface area contributed by atoms with Crippen LogP contribution in [0.5, 0.6) is 0 Å². The van der Waals surface area contributed by atoms with Crippen LogP contribution in [0.25, 0.3) is 0 Å². The van der Waals surface area contributed by atoms with Gasteiger partial charge in [0.15, 0.2) is 0 Å². The average molecular weight is 353 g/mol. The molecule has 1 fully saturated rings. The summed E-state index contributed by atoms with van der Waals surface area (Å²) in [6.07, 6.45) is -3.57. The van der Waals surface area contributed by atoms with Crippen LogP contribution in [0.2, 0.25) is 5.02 Å². The zero-order valence-electron chi connectivity index (χ0n) is 11.4. The molecular formula is C13H12ClF3N2O2S. The standard InChI is InChI=1S/C13H12ClF3N2O2S/c1-12(7-18,8-2-3-8)19-22(20,21)11-5-4-9(14)6-10(11)13(15,16)17/h4-6,8,19H,2-3H2,1H3/t12-/m1/s1. The average Bonchev–Trinajstić information content (AvgIpc) is 3.21. The predicted octanol–water partition coefficient (Wildman–Crippen LogP) is 3.33. The maximum Gasteiger partial charge on any atom is 0.417 e. The van der Waals surface area contributed by atoms with Crippen LogP contribution in [-0.4, -0.2) is 14.0 Å². The van der Waals surface area contributed by atoms with Crippen molar-refractivity contribution in [1.29, 1.82) is 5.26 Å². The highest BCUT2D eigenvalue weighted by Crippen LogP contribution is 2.41. The van der Waals surface area contributed by atoms with Crippen molar-refractivity contribution in [3.05, 3.63) is 28.8 Å². The molecule has 1 N–H and O–H groups in total. The topological polar surface area (TPSA) is 70.0 Å². The zero-order chi connectivity index (χ0) is 16.8. The summed E-state index contributed by atoms with van der Waals surface area (Å²) < 4.78 is 65.8. The normalized spacial score (nSPS) is 18.5. The maximum absolute atomic E-state index is 13.0. The molecule has 120 valence electrons. The van der Waals surface area contributed by atoms with Gasteiger partial charge >= 0.3 is 6.18 Å². The lowest BCUT2D eigenvalue weighted by Crippen LogP contribution is -2.46. The second kappa shape index (κ2) is 5.41. The smallest absolute Gasteiger partial charge is 0.207 e. The second-order valence-corrected chi connectivity index (χ2v) is 7.42. The Morgan fingerprint density at radius 1 is 1.36 bits per heavy atom. The Hall–Kier alpha value is -1.30. The first-order chi connectivity index (χ1) is 9.99. The number of hydrogen-bond acceptors (Lipinski definition) is 3. The van der Waals surface area contributed by atoms with Gasteiger partial charge in [0, 0.05) is 5.02 Å². The molecule has 1 aliphatic rings. The van der Waals surface area contributed by atoms with Crippen LogP contribution in [0.1, 0.15) is 25.3 Å². The monoisotopic (exact) mass is 352 g/mol. The van der Waals surface area contributed by atoms with Gasteiger partial charge in [0.25, 0.3) is 0 Å². The molecule has 2 rings (SSSR count). The van der Waals surface area contributed by atoms with Gasteiger partial charge in [-0.15, -0.1) is 0 Å². The van der Waals surface area contributed by atoms with Crippen molar-refractivity contribution in [2.24, 2.45) is 5.92 Å². The molecule has 22 heavy (non-hydrogen) atoms. The van der Waals surface area contributed by atoms with Crippen LogP contribution in [0, 0.1) is 17.2 Å². The highest BCUT2D eigenvalue weighted by Gasteiger charge is 2.46. The van der Waals surface area contributed by atoms with Crippen LogP contribution in [0.3, 0.4) is 0 Å². The Labute approximate surface area is 130 Å². The third-order valence-electron chi connectivity index (χ3n) is 3.51. The molecule has 0 saturated heterocycles. The number of alkyl halides is 3. The SMILES string of the molecule is C[C@](C#N)(NS(=O)(=O)c1ccc(Cl)cc1C(F)(F)F)C1CC1. The van der Waals surface area contributed by atoms with E-state index in [1.165, 1.54) is 6.92 Å². The van der Waals surface area contributed by atoms with E-state index in [9.17, 15) is 21.6 Å². The molecule has 0 aliphatic heterocycles. The Balaban J connectivity index is 2.49. The number of sulfonamides is 1. The molecule has 1 atom stereocenters. The van der Waals surface area contributed by atoms with Gasteiger partial charge in [-0.3, -0.25) is 0 Å². The number of rotatable bonds is 4. The van der Waals surface area contributed by atoms with Crippen LogP contribution in [0.4, 0.5) is 13.2 Å². The van der Waals surface area contributed by atoms with Gasteiger partial charge in [0.1, 0.15) is 5.54 Å². The summed E-state index contributed by atoms with van der Waals surface area (Å²) in [4.78, 5) is -0.938. The number of hydrogen-bond donors (Lipinski definition) is 1. The molecule has 0 bridgehead atoms. The summed E-state index contributed by atoms with van der Waals surface area (Å²) in [5.41, 5.74) is -2.79. The lowest BCUT2D eigenvalue weighted by molar-refractivity contribution is -0.139. The predicted molar refractivity (Wildman–Crippen MR) is 73.5 cm³/mol. The molecule has 4 nitrogen and oxygen atoms in total. The highest BCUT2D eigenvalue weighted by atomic mass is 35.5. The summed E-state index contributed by atoms with van der Waals surface area (Å²) in [5.74, 6) is -0.200. The van der Waals surface area contributed by atoms with Crippen molar-refractivity contribution >= 4 is 21.6 Å². The molecule has 1 aromatic rings. The summed E-state index contributed by atoms with van der Waals surface area (Å²) in [7, 11) is -4.52. The van der Waals surface area contributed by atoms with E-state index < -0.39 is 32.2 Å². The Morgan fingerprint density at radius 2 is 1.95 bits per heavy atom. The van der Waals surface area contributed by atoms with E-state index in [-0.39, 0.29) is 10.9 Å². The van der Waals surface area contributed by atoms with Crippen LogP contribution < -0.4 is 4.72 Å². The number of nitriles is 1. The van der Waals surface area contributed by atoms with Crippen LogP contribution in [-0.2, 0) is 16.2 Å². The highest BCUT2D eigenvalue weighted by molar-refractivity contribution is 7.89. The summed E-state index contributed by atoms with van der Waals surface area (Å²) in [6.45, 7) is 1.37. The van der Waals surface area contributed by atoms with E-state index >= 15 is 0 Å². The second-order valence-electron chi connectivity index (χ2n) is 5.33. The minimum absolute atomic E-state index is 0.200. The van der Waals surface area contributed by atoms with Crippen molar-refractivity contribution in [3.63, 3.8) is 0 Å². The van der Waals surface area contributed by atoms with Crippen molar-refractivity contribution in [2.75, 3.05) is 0 Å². The van der Waals surface area contributed by atoms with Gasteiger partial charge in [-0.05, 0) is 43.9 Å². The van der Waals surface area contributed by atoms with Gasteiger partial charge in [0.2, 0.25) is 10.0 Å². The third-order valence-corrected chi connectivity index (χ3v) is 5.37. The number of halogens is 4. The molecule has 1 saturated carbocycles. The summed E-state index contributed by atoms with van der Waals surface area (Å²) >= 11 is 5.53. The number of nitrogens with one attached hydrogen (secondary N) is 1.